The second-order valence-electron chi connectivity index (χ2n) is 12.1. The third-order valence-corrected chi connectivity index (χ3v) is 16.9. The Hall–Kier alpha value is -2.24. The molecule has 0 unspecified atom stereocenters. The van der Waals surface area contributed by atoms with Crippen molar-refractivity contribution in [2.45, 2.75) is 84.2 Å². The topological polar surface area (TPSA) is 42.2 Å². The Kier molecular flexibility index (Phi) is 10.3. The maximum atomic E-state index is 9.04. The number of allylic oxidation sites excluding steroid dienone is 3. The fourth-order valence-corrected chi connectivity index (χ4v) is 9.97. The lowest BCUT2D eigenvalue weighted by Gasteiger charge is -2.45. The summed E-state index contributed by atoms with van der Waals surface area (Å²) in [5.41, 5.74) is 1.02. The Bertz CT molecular complexity index is 1020. The van der Waals surface area contributed by atoms with Gasteiger partial charge in [0.2, 0.25) is 0 Å². The number of nitriles is 1. The van der Waals surface area contributed by atoms with E-state index >= 15 is 0 Å². The number of benzene rings is 2. The van der Waals surface area contributed by atoms with E-state index in [0.29, 0.717) is 6.61 Å². The van der Waals surface area contributed by atoms with Crippen molar-refractivity contribution in [2.24, 2.45) is 0 Å². The van der Waals surface area contributed by atoms with Crippen LogP contribution in [-0.4, -0.2) is 29.3 Å². The Balaban J connectivity index is 2.58. The molecule has 0 aliphatic rings. The van der Waals surface area contributed by atoms with Gasteiger partial charge in [-0.25, -0.2) is 0 Å². The minimum atomic E-state index is -2.72. The number of rotatable bonds is 10. The van der Waals surface area contributed by atoms with E-state index in [4.69, 9.17) is 14.1 Å². The van der Waals surface area contributed by atoms with E-state index in [2.05, 4.69) is 127 Å². The minimum absolute atomic E-state index is 0.113. The van der Waals surface area contributed by atoms with Gasteiger partial charge in [0.15, 0.2) is 8.32 Å². The molecular weight excluding hydrogens is 475 g/mol. The first-order valence-electron chi connectivity index (χ1n) is 12.9. The standard InChI is InChI=1S/C31H45NO2Si2/c1-26(17-16-23-32)25-27(22-24-33-35(8,9)30(2,3)4)34-36(31(5,6)7,28-18-12-10-13-19-28)29-20-14-11-15-21-29/h10-21,25,27H,22,24H2,1-9H3/b17-16+,26-25+/t27-/m0/s1. The van der Waals surface area contributed by atoms with Crippen LogP contribution in [0.25, 0.3) is 0 Å². The van der Waals surface area contributed by atoms with Crippen LogP contribution in [-0.2, 0) is 8.85 Å². The molecule has 2 aromatic carbocycles. The van der Waals surface area contributed by atoms with Crippen molar-refractivity contribution in [3.8, 4) is 6.07 Å². The van der Waals surface area contributed by atoms with Gasteiger partial charge in [0.25, 0.3) is 8.32 Å². The number of hydrogen-bond donors (Lipinski definition) is 0. The molecule has 0 saturated heterocycles. The Morgan fingerprint density at radius 1 is 0.889 bits per heavy atom. The summed E-state index contributed by atoms with van der Waals surface area (Å²) in [4.78, 5) is 0. The van der Waals surface area contributed by atoms with E-state index in [9.17, 15) is 0 Å². The van der Waals surface area contributed by atoms with Gasteiger partial charge in [0.1, 0.15) is 0 Å². The first-order chi connectivity index (χ1) is 16.7. The predicted octanol–water partition coefficient (Wildman–Crippen LogP) is 7.37. The van der Waals surface area contributed by atoms with E-state index in [1.54, 1.807) is 0 Å². The van der Waals surface area contributed by atoms with Gasteiger partial charge < -0.3 is 8.85 Å². The number of hydrogen-bond acceptors (Lipinski definition) is 3. The van der Waals surface area contributed by atoms with E-state index in [1.165, 1.54) is 16.4 Å². The predicted molar refractivity (Wildman–Crippen MR) is 159 cm³/mol. The number of nitrogens with zero attached hydrogens (tertiary/aromatic N) is 1. The van der Waals surface area contributed by atoms with Gasteiger partial charge in [0, 0.05) is 12.7 Å². The lowest BCUT2D eigenvalue weighted by molar-refractivity contribution is 0.180. The SMILES string of the molecule is CC(/C=C/C#N)=C\[C@H](CCO[Si](C)(C)C(C)(C)C)O[Si](c1ccccc1)(c1ccccc1)C(C)(C)C. The molecule has 0 aliphatic carbocycles. The van der Waals surface area contributed by atoms with Crippen LogP contribution in [0.1, 0.15) is 54.9 Å². The van der Waals surface area contributed by atoms with Crippen LogP contribution >= 0.6 is 0 Å². The molecule has 2 aromatic rings. The molecule has 0 saturated carbocycles. The molecule has 0 spiro atoms. The third-order valence-electron chi connectivity index (χ3n) is 7.29. The summed E-state index contributed by atoms with van der Waals surface area (Å²) in [6.07, 6.45) is 6.16. The molecule has 0 heterocycles. The highest BCUT2D eigenvalue weighted by molar-refractivity contribution is 6.99. The molecule has 0 N–H and O–H groups in total. The molecule has 3 nitrogen and oxygen atoms in total. The van der Waals surface area contributed by atoms with Crippen molar-refractivity contribution in [1.82, 2.24) is 0 Å². The molecule has 0 amide bonds. The second kappa shape index (κ2) is 12.3. The van der Waals surface area contributed by atoms with Gasteiger partial charge in [-0.3, -0.25) is 0 Å². The van der Waals surface area contributed by atoms with Crippen molar-refractivity contribution in [2.75, 3.05) is 6.61 Å². The molecule has 1 atom stereocenters. The van der Waals surface area contributed by atoms with Crippen LogP contribution in [0, 0.1) is 11.3 Å². The molecule has 2 rings (SSSR count). The fourth-order valence-electron chi connectivity index (χ4n) is 4.26. The molecule has 0 radical (unpaired) electrons. The molecule has 0 fully saturated rings. The lowest BCUT2D eigenvalue weighted by atomic mass is 10.1. The molecule has 5 heteroatoms. The summed E-state index contributed by atoms with van der Waals surface area (Å²) in [7, 11) is -4.60. The Morgan fingerprint density at radius 3 is 1.81 bits per heavy atom. The average molecular weight is 520 g/mol. The highest BCUT2D eigenvalue weighted by Gasteiger charge is 2.51. The van der Waals surface area contributed by atoms with Gasteiger partial charge in [0.05, 0.1) is 12.2 Å². The molecule has 0 aliphatic heterocycles. The van der Waals surface area contributed by atoms with Gasteiger partial charge in [-0.05, 0) is 53.0 Å². The smallest absolute Gasteiger partial charge is 0.261 e. The van der Waals surface area contributed by atoms with E-state index in [0.717, 1.165) is 12.0 Å². The largest absolute Gasteiger partial charge is 0.417 e. The first-order valence-corrected chi connectivity index (χ1v) is 17.7. The summed E-state index contributed by atoms with van der Waals surface area (Å²) in [5.74, 6) is 0. The summed E-state index contributed by atoms with van der Waals surface area (Å²) >= 11 is 0. The van der Waals surface area contributed by atoms with Crippen molar-refractivity contribution in [3.05, 3.63) is 84.5 Å². The summed E-state index contributed by atoms with van der Waals surface area (Å²) in [6.45, 7) is 21.0. The van der Waals surface area contributed by atoms with E-state index in [1.807, 2.05) is 13.0 Å². The molecular formula is C31H45NO2Si2. The summed E-state index contributed by atoms with van der Waals surface area (Å²) in [5, 5.41) is 11.6. The van der Waals surface area contributed by atoms with Crippen molar-refractivity contribution < 1.29 is 8.85 Å². The average Bonchev–Trinajstić information content (AvgIpc) is 2.80. The second-order valence-corrected chi connectivity index (χ2v) is 21.2. The Morgan fingerprint density at radius 2 is 1.39 bits per heavy atom. The molecule has 0 bridgehead atoms. The molecule has 0 aromatic heterocycles. The third kappa shape index (κ3) is 7.39. The van der Waals surface area contributed by atoms with E-state index in [-0.39, 0.29) is 16.2 Å². The van der Waals surface area contributed by atoms with Crippen molar-refractivity contribution in [3.63, 3.8) is 0 Å². The van der Waals surface area contributed by atoms with Crippen LogP contribution < -0.4 is 10.4 Å². The minimum Gasteiger partial charge on any atom is -0.417 e. The van der Waals surface area contributed by atoms with Crippen LogP contribution in [0.5, 0.6) is 0 Å². The monoisotopic (exact) mass is 519 g/mol. The molecule has 194 valence electrons. The highest BCUT2D eigenvalue weighted by Crippen LogP contribution is 2.39. The normalized spacial score (nSPS) is 14.6. The maximum Gasteiger partial charge on any atom is 0.261 e. The molecule has 36 heavy (non-hydrogen) atoms. The lowest BCUT2D eigenvalue weighted by Crippen LogP contribution is -2.67. The van der Waals surface area contributed by atoms with Crippen LogP contribution in [0.2, 0.25) is 23.2 Å². The maximum absolute atomic E-state index is 9.04. The fraction of sp³-hybridized carbons (Fsp3) is 0.452. The van der Waals surface area contributed by atoms with Crippen LogP contribution in [0.4, 0.5) is 0 Å². The van der Waals surface area contributed by atoms with Crippen LogP contribution in [0.3, 0.4) is 0 Å². The van der Waals surface area contributed by atoms with E-state index < -0.39 is 16.6 Å². The van der Waals surface area contributed by atoms with Gasteiger partial charge in [-0.2, -0.15) is 5.26 Å². The first kappa shape index (κ1) is 30.0. The summed E-state index contributed by atoms with van der Waals surface area (Å²) < 4.78 is 14.0. The zero-order chi connectivity index (χ0) is 27.0. The van der Waals surface area contributed by atoms with Crippen molar-refractivity contribution in [1.29, 1.82) is 5.26 Å². The van der Waals surface area contributed by atoms with Gasteiger partial charge >= 0.3 is 0 Å². The van der Waals surface area contributed by atoms with Gasteiger partial charge in [-0.15, -0.1) is 0 Å². The summed E-state index contributed by atoms with van der Waals surface area (Å²) in [6, 6.07) is 23.6. The zero-order valence-corrected chi connectivity index (χ0v) is 25.8. The van der Waals surface area contributed by atoms with Crippen LogP contribution in [0.15, 0.2) is 84.5 Å². The Labute approximate surface area is 222 Å². The van der Waals surface area contributed by atoms with Crippen molar-refractivity contribution >= 4 is 27.0 Å². The quantitative estimate of drug-likeness (QED) is 0.187. The van der Waals surface area contributed by atoms with Gasteiger partial charge in [-0.1, -0.05) is 114 Å². The highest BCUT2D eigenvalue weighted by atomic mass is 28.4. The zero-order valence-electron chi connectivity index (χ0n) is 23.8.